The van der Waals surface area contributed by atoms with Gasteiger partial charge in [0.05, 0.1) is 0 Å². The van der Waals surface area contributed by atoms with Crippen LogP contribution in [0.25, 0.3) is 0 Å². The Balaban J connectivity index is 2.22. The van der Waals surface area contributed by atoms with Crippen molar-refractivity contribution in [3.05, 3.63) is 35.4 Å². The largest absolute Gasteiger partial charge is 0.330 e. The van der Waals surface area contributed by atoms with Crippen LogP contribution >= 0.6 is 0 Å². The van der Waals surface area contributed by atoms with Gasteiger partial charge in [-0.15, -0.1) is 0 Å². The van der Waals surface area contributed by atoms with Gasteiger partial charge in [-0.1, -0.05) is 24.3 Å². The predicted octanol–water partition coefficient (Wildman–Crippen LogP) is 2.45. The Kier molecular flexibility index (Phi) is 4.30. The second-order valence-electron chi connectivity index (χ2n) is 5.09. The van der Waals surface area contributed by atoms with Gasteiger partial charge in [0.15, 0.2) is 0 Å². The van der Waals surface area contributed by atoms with Gasteiger partial charge in [0.25, 0.3) is 0 Å². The molecular formula is C14H20F2N2. The summed E-state index contributed by atoms with van der Waals surface area (Å²) in [6.45, 7) is 1.61. The first-order chi connectivity index (χ1) is 8.61. The molecular weight excluding hydrogens is 234 g/mol. The van der Waals surface area contributed by atoms with Crippen LogP contribution in [0.5, 0.6) is 0 Å². The highest BCUT2D eigenvalue weighted by Gasteiger charge is 2.31. The molecule has 1 aromatic rings. The third-order valence-electron chi connectivity index (χ3n) is 3.76. The van der Waals surface area contributed by atoms with Gasteiger partial charge >= 0.3 is 0 Å². The molecule has 1 saturated heterocycles. The van der Waals surface area contributed by atoms with E-state index in [-0.39, 0.29) is 12.5 Å². The van der Waals surface area contributed by atoms with Gasteiger partial charge < -0.3 is 5.73 Å². The number of nitrogens with two attached hydrogens (primary N) is 1. The summed E-state index contributed by atoms with van der Waals surface area (Å²) in [7, 11) is 2.04. The zero-order valence-corrected chi connectivity index (χ0v) is 10.7. The van der Waals surface area contributed by atoms with E-state index in [1.807, 2.05) is 31.3 Å². The van der Waals surface area contributed by atoms with Crippen LogP contribution in [0.3, 0.4) is 0 Å². The fourth-order valence-electron chi connectivity index (χ4n) is 2.85. The van der Waals surface area contributed by atoms with Crippen LogP contribution in [0, 0.1) is 5.92 Å². The lowest BCUT2D eigenvalue weighted by molar-refractivity contribution is 0.148. The van der Waals surface area contributed by atoms with Crippen molar-refractivity contribution in [2.75, 3.05) is 20.1 Å². The van der Waals surface area contributed by atoms with Crippen molar-refractivity contribution in [1.29, 1.82) is 0 Å². The number of halogens is 2. The van der Waals surface area contributed by atoms with Gasteiger partial charge in [-0.25, -0.2) is 8.78 Å². The molecule has 1 aliphatic heterocycles. The van der Waals surface area contributed by atoms with E-state index in [0.717, 1.165) is 24.1 Å². The van der Waals surface area contributed by atoms with Gasteiger partial charge in [-0.3, -0.25) is 4.90 Å². The molecule has 2 N–H and O–H groups in total. The van der Waals surface area contributed by atoms with Gasteiger partial charge in [0.1, 0.15) is 0 Å². The number of hydrogen-bond donors (Lipinski definition) is 1. The maximum Gasteiger partial charge on any atom is 0.242 e. The van der Waals surface area contributed by atoms with E-state index < -0.39 is 6.43 Å². The molecule has 0 spiro atoms. The van der Waals surface area contributed by atoms with E-state index in [1.165, 1.54) is 0 Å². The number of benzene rings is 1. The lowest BCUT2D eigenvalue weighted by Crippen LogP contribution is -2.21. The van der Waals surface area contributed by atoms with E-state index in [4.69, 9.17) is 5.73 Å². The molecule has 1 aliphatic rings. The number of likely N-dealkylation sites (tertiary alicyclic amines) is 1. The fraction of sp³-hybridized carbons (Fsp3) is 0.571. The summed E-state index contributed by atoms with van der Waals surface area (Å²) in [5, 5.41) is 0. The molecule has 0 aromatic heterocycles. The summed E-state index contributed by atoms with van der Waals surface area (Å²) in [5.41, 5.74) is 7.51. The van der Waals surface area contributed by atoms with E-state index in [2.05, 4.69) is 4.90 Å². The van der Waals surface area contributed by atoms with Crippen LogP contribution in [-0.4, -0.2) is 31.5 Å². The van der Waals surface area contributed by atoms with E-state index in [1.54, 1.807) is 0 Å². The molecule has 2 nitrogen and oxygen atoms in total. The molecule has 4 heteroatoms. The lowest BCUT2D eigenvalue weighted by Gasteiger charge is -2.22. The maximum absolute atomic E-state index is 12.6. The van der Waals surface area contributed by atoms with Crippen molar-refractivity contribution < 1.29 is 8.78 Å². The summed E-state index contributed by atoms with van der Waals surface area (Å²) >= 11 is 0. The molecule has 2 rings (SSSR count). The molecule has 1 fully saturated rings. The van der Waals surface area contributed by atoms with Crippen LogP contribution in [-0.2, 0) is 6.42 Å². The Morgan fingerprint density at radius 2 is 2.11 bits per heavy atom. The van der Waals surface area contributed by atoms with Gasteiger partial charge in [-0.2, -0.15) is 0 Å². The van der Waals surface area contributed by atoms with Crippen molar-refractivity contribution >= 4 is 0 Å². The summed E-state index contributed by atoms with van der Waals surface area (Å²) in [4.78, 5) is 2.22. The standard InChI is InChI=1S/C14H20F2N2/c1-18-9-10(8-17)6-13(18)12-5-3-2-4-11(12)7-14(15)16/h2-5,10,13-14H,6-9,17H2,1H3. The summed E-state index contributed by atoms with van der Waals surface area (Å²) < 4.78 is 25.2. The molecule has 0 amide bonds. The van der Waals surface area contributed by atoms with Gasteiger partial charge in [-0.05, 0) is 37.1 Å². The Morgan fingerprint density at radius 1 is 1.39 bits per heavy atom. The van der Waals surface area contributed by atoms with Crippen molar-refractivity contribution in [3.8, 4) is 0 Å². The van der Waals surface area contributed by atoms with Crippen LogP contribution in [0.4, 0.5) is 8.78 Å². The van der Waals surface area contributed by atoms with E-state index in [0.29, 0.717) is 12.5 Å². The summed E-state index contributed by atoms with van der Waals surface area (Å²) in [5.74, 6) is 0.472. The summed E-state index contributed by atoms with van der Waals surface area (Å²) in [6, 6.07) is 7.77. The number of rotatable bonds is 4. The Hall–Kier alpha value is -1.00. The number of hydrogen-bond acceptors (Lipinski definition) is 2. The average Bonchev–Trinajstić information content (AvgIpc) is 2.70. The monoisotopic (exact) mass is 254 g/mol. The Bertz CT molecular complexity index is 395. The molecule has 0 radical (unpaired) electrons. The van der Waals surface area contributed by atoms with Crippen LogP contribution in [0.2, 0.25) is 0 Å². The van der Waals surface area contributed by atoms with E-state index in [9.17, 15) is 8.78 Å². The topological polar surface area (TPSA) is 29.3 Å². The molecule has 1 aromatic carbocycles. The zero-order valence-electron chi connectivity index (χ0n) is 10.7. The molecule has 100 valence electrons. The second-order valence-corrected chi connectivity index (χ2v) is 5.09. The molecule has 0 saturated carbocycles. The first-order valence-corrected chi connectivity index (χ1v) is 6.38. The maximum atomic E-state index is 12.6. The minimum Gasteiger partial charge on any atom is -0.330 e. The smallest absolute Gasteiger partial charge is 0.242 e. The summed E-state index contributed by atoms with van der Waals surface area (Å²) in [6.07, 6.45) is -1.48. The third kappa shape index (κ3) is 2.87. The first-order valence-electron chi connectivity index (χ1n) is 6.38. The minimum absolute atomic E-state index is 0.159. The number of nitrogens with zero attached hydrogens (tertiary/aromatic N) is 1. The normalized spacial score (nSPS) is 24.9. The van der Waals surface area contributed by atoms with Crippen molar-refractivity contribution in [2.24, 2.45) is 11.7 Å². The zero-order chi connectivity index (χ0) is 13.1. The highest BCUT2D eigenvalue weighted by atomic mass is 19.3. The highest BCUT2D eigenvalue weighted by molar-refractivity contribution is 5.31. The van der Waals surface area contributed by atoms with Gasteiger partial charge in [0, 0.05) is 19.0 Å². The van der Waals surface area contributed by atoms with Crippen molar-refractivity contribution in [2.45, 2.75) is 25.3 Å². The third-order valence-corrected chi connectivity index (χ3v) is 3.76. The second kappa shape index (κ2) is 5.76. The molecule has 2 unspecified atom stereocenters. The van der Waals surface area contributed by atoms with Gasteiger partial charge in [0.2, 0.25) is 6.43 Å². The minimum atomic E-state index is -2.29. The first kappa shape index (κ1) is 13.4. The number of alkyl halides is 2. The van der Waals surface area contributed by atoms with Crippen LogP contribution < -0.4 is 5.73 Å². The molecule has 0 bridgehead atoms. The lowest BCUT2D eigenvalue weighted by atomic mass is 9.94. The molecule has 0 aliphatic carbocycles. The molecule has 2 atom stereocenters. The SMILES string of the molecule is CN1CC(CN)CC1c1ccccc1CC(F)F. The van der Waals surface area contributed by atoms with Crippen molar-refractivity contribution in [1.82, 2.24) is 4.90 Å². The predicted molar refractivity (Wildman–Crippen MR) is 68.7 cm³/mol. The Morgan fingerprint density at radius 3 is 2.72 bits per heavy atom. The van der Waals surface area contributed by atoms with Crippen molar-refractivity contribution in [3.63, 3.8) is 0 Å². The van der Waals surface area contributed by atoms with Crippen LogP contribution in [0.15, 0.2) is 24.3 Å². The average molecular weight is 254 g/mol. The Labute approximate surface area is 107 Å². The molecule has 18 heavy (non-hydrogen) atoms. The fourth-order valence-corrected chi connectivity index (χ4v) is 2.85. The van der Waals surface area contributed by atoms with Crippen LogP contribution in [0.1, 0.15) is 23.6 Å². The van der Waals surface area contributed by atoms with E-state index >= 15 is 0 Å². The quantitative estimate of drug-likeness (QED) is 0.894. The highest BCUT2D eigenvalue weighted by Crippen LogP contribution is 2.35. The molecule has 1 heterocycles.